The zero-order valence-electron chi connectivity index (χ0n) is 7.38. The molecule has 2 aliphatic rings. The molecule has 0 aromatic heterocycles. The van der Waals surface area contributed by atoms with Gasteiger partial charge in [-0.15, -0.1) is 0 Å². The number of amidine groups is 1. The molecule has 1 unspecified atom stereocenters. The summed E-state index contributed by atoms with van der Waals surface area (Å²) in [6, 6.07) is 0.524. The largest absolute Gasteiger partial charge is 0.379 e. The first-order valence-electron chi connectivity index (χ1n) is 4.83. The Morgan fingerprint density at radius 1 is 1.42 bits per heavy atom. The van der Waals surface area contributed by atoms with Gasteiger partial charge in [0.05, 0.1) is 18.5 Å². The van der Waals surface area contributed by atoms with Crippen molar-refractivity contribution in [1.29, 1.82) is 0 Å². The van der Waals surface area contributed by atoms with E-state index < -0.39 is 0 Å². The van der Waals surface area contributed by atoms with E-state index in [1.54, 1.807) is 0 Å². The van der Waals surface area contributed by atoms with Gasteiger partial charge >= 0.3 is 0 Å². The molecule has 0 saturated carbocycles. The van der Waals surface area contributed by atoms with Crippen LogP contribution in [0.15, 0.2) is 4.99 Å². The van der Waals surface area contributed by atoms with Gasteiger partial charge < -0.3 is 10.1 Å². The number of aliphatic imine (C=N–C) groups is 1. The quantitative estimate of drug-likeness (QED) is 0.632. The van der Waals surface area contributed by atoms with Gasteiger partial charge in [0.2, 0.25) is 0 Å². The summed E-state index contributed by atoms with van der Waals surface area (Å²) in [5.74, 6) is 1.20. The number of rotatable bonds is 1. The molecule has 0 aliphatic carbocycles. The molecule has 3 nitrogen and oxygen atoms in total. The monoisotopic (exact) mass is 168 g/mol. The Balaban J connectivity index is 1.77. The third-order valence-electron chi connectivity index (χ3n) is 2.41. The molecule has 2 rings (SSSR count). The van der Waals surface area contributed by atoms with Crippen LogP contribution in [0, 0.1) is 0 Å². The number of nitrogens with one attached hydrogen (secondary N) is 1. The smallest absolute Gasteiger partial charge is 0.0966 e. The van der Waals surface area contributed by atoms with Crippen molar-refractivity contribution in [2.45, 2.75) is 31.7 Å². The Morgan fingerprint density at radius 3 is 3.08 bits per heavy atom. The van der Waals surface area contributed by atoms with E-state index in [1.807, 2.05) is 0 Å². The Labute approximate surface area is 73.2 Å². The first kappa shape index (κ1) is 8.05. The fourth-order valence-electron chi connectivity index (χ4n) is 1.75. The molecule has 0 bridgehead atoms. The minimum Gasteiger partial charge on any atom is -0.379 e. The molecule has 2 aliphatic heterocycles. The van der Waals surface area contributed by atoms with Gasteiger partial charge in [-0.05, 0) is 19.3 Å². The van der Waals surface area contributed by atoms with Crippen molar-refractivity contribution in [3.05, 3.63) is 0 Å². The molecule has 68 valence electrons. The summed E-state index contributed by atoms with van der Waals surface area (Å²) < 4.78 is 5.37. The van der Waals surface area contributed by atoms with Crippen LogP contribution in [0.3, 0.4) is 0 Å². The molecule has 3 heteroatoms. The molecule has 1 N–H and O–H groups in total. The maximum atomic E-state index is 5.37. The van der Waals surface area contributed by atoms with Crippen LogP contribution in [0.25, 0.3) is 0 Å². The Morgan fingerprint density at radius 2 is 2.42 bits per heavy atom. The van der Waals surface area contributed by atoms with Gasteiger partial charge in [-0.3, -0.25) is 4.99 Å². The number of nitrogens with zero attached hydrogens (tertiary/aromatic N) is 1. The van der Waals surface area contributed by atoms with Crippen LogP contribution in [0.4, 0.5) is 0 Å². The highest BCUT2D eigenvalue weighted by atomic mass is 16.5. The SMILES string of the molecule is C1CN=C(NC2CCCOC2)C1. The van der Waals surface area contributed by atoms with Gasteiger partial charge in [-0.2, -0.15) is 0 Å². The van der Waals surface area contributed by atoms with Crippen LogP contribution >= 0.6 is 0 Å². The van der Waals surface area contributed by atoms with Crippen molar-refractivity contribution in [3.63, 3.8) is 0 Å². The van der Waals surface area contributed by atoms with Crippen molar-refractivity contribution in [2.24, 2.45) is 4.99 Å². The zero-order chi connectivity index (χ0) is 8.23. The maximum Gasteiger partial charge on any atom is 0.0966 e. The normalized spacial score (nSPS) is 30.0. The van der Waals surface area contributed by atoms with Gasteiger partial charge in [0, 0.05) is 19.6 Å². The van der Waals surface area contributed by atoms with Gasteiger partial charge in [-0.1, -0.05) is 0 Å². The lowest BCUT2D eigenvalue weighted by molar-refractivity contribution is 0.0763. The summed E-state index contributed by atoms with van der Waals surface area (Å²) >= 11 is 0. The van der Waals surface area contributed by atoms with Crippen molar-refractivity contribution in [3.8, 4) is 0 Å². The van der Waals surface area contributed by atoms with Gasteiger partial charge in [0.1, 0.15) is 0 Å². The van der Waals surface area contributed by atoms with Crippen molar-refractivity contribution in [1.82, 2.24) is 5.32 Å². The molecular formula is C9H16N2O. The lowest BCUT2D eigenvalue weighted by atomic mass is 10.1. The van der Waals surface area contributed by atoms with E-state index in [2.05, 4.69) is 10.3 Å². The van der Waals surface area contributed by atoms with Crippen molar-refractivity contribution < 1.29 is 4.74 Å². The van der Waals surface area contributed by atoms with Crippen LogP contribution in [0.2, 0.25) is 0 Å². The second kappa shape index (κ2) is 3.90. The molecule has 0 aromatic rings. The number of hydrogen-bond donors (Lipinski definition) is 1. The molecule has 1 fully saturated rings. The van der Waals surface area contributed by atoms with Crippen LogP contribution in [0.1, 0.15) is 25.7 Å². The third-order valence-corrected chi connectivity index (χ3v) is 2.41. The standard InChI is InChI=1S/C9H16N2O/c1-4-9(10-5-1)11-8-3-2-6-12-7-8/h8H,1-7H2,(H,10,11). The molecule has 0 radical (unpaired) electrons. The second-order valence-electron chi connectivity index (χ2n) is 3.49. The third kappa shape index (κ3) is 1.97. The Hall–Kier alpha value is -0.570. The molecule has 0 amide bonds. The second-order valence-corrected chi connectivity index (χ2v) is 3.49. The van der Waals surface area contributed by atoms with Crippen LogP contribution in [0.5, 0.6) is 0 Å². The lowest BCUT2D eigenvalue weighted by Gasteiger charge is -2.23. The first-order chi connectivity index (χ1) is 5.95. The highest BCUT2D eigenvalue weighted by Crippen LogP contribution is 2.08. The van der Waals surface area contributed by atoms with Gasteiger partial charge in [0.25, 0.3) is 0 Å². The summed E-state index contributed by atoms with van der Waals surface area (Å²) in [5.41, 5.74) is 0. The summed E-state index contributed by atoms with van der Waals surface area (Å²) in [7, 11) is 0. The number of hydrogen-bond acceptors (Lipinski definition) is 3. The zero-order valence-corrected chi connectivity index (χ0v) is 7.38. The molecule has 0 spiro atoms. The highest BCUT2D eigenvalue weighted by molar-refractivity contribution is 5.83. The summed E-state index contributed by atoms with van der Waals surface area (Å²) in [6.07, 6.45) is 4.77. The average Bonchev–Trinajstić information content (AvgIpc) is 2.59. The minimum atomic E-state index is 0.524. The van der Waals surface area contributed by atoms with E-state index in [9.17, 15) is 0 Å². The summed E-state index contributed by atoms with van der Waals surface area (Å²) in [4.78, 5) is 4.38. The molecule has 0 aromatic carbocycles. The fourth-order valence-corrected chi connectivity index (χ4v) is 1.75. The maximum absolute atomic E-state index is 5.37. The number of ether oxygens (including phenoxy) is 1. The molecular weight excluding hydrogens is 152 g/mol. The van der Waals surface area contributed by atoms with Crippen LogP contribution in [-0.2, 0) is 4.74 Å². The predicted octanol–water partition coefficient (Wildman–Crippen LogP) is 0.947. The molecule has 2 heterocycles. The van der Waals surface area contributed by atoms with E-state index in [1.165, 1.54) is 25.1 Å². The van der Waals surface area contributed by atoms with Gasteiger partial charge in [-0.25, -0.2) is 0 Å². The molecule has 1 atom stereocenters. The Kier molecular flexibility index (Phi) is 2.61. The van der Waals surface area contributed by atoms with Gasteiger partial charge in [0.15, 0.2) is 0 Å². The van der Waals surface area contributed by atoms with Crippen molar-refractivity contribution in [2.75, 3.05) is 19.8 Å². The van der Waals surface area contributed by atoms with Crippen LogP contribution in [-0.4, -0.2) is 31.6 Å². The highest BCUT2D eigenvalue weighted by Gasteiger charge is 2.16. The van der Waals surface area contributed by atoms with E-state index in [-0.39, 0.29) is 0 Å². The molecule has 1 saturated heterocycles. The average molecular weight is 168 g/mol. The minimum absolute atomic E-state index is 0.524. The predicted molar refractivity (Wildman–Crippen MR) is 48.5 cm³/mol. The van der Waals surface area contributed by atoms with E-state index in [0.717, 1.165) is 26.2 Å². The van der Waals surface area contributed by atoms with E-state index >= 15 is 0 Å². The fraction of sp³-hybridized carbons (Fsp3) is 0.889. The van der Waals surface area contributed by atoms with E-state index in [4.69, 9.17) is 4.74 Å². The molecule has 12 heavy (non-hydrogen) atoms. The first-order valence-corrected chi connectivity index (χ1v) is 4.83. The van der Waals surface area contributed by atoms with Crippen molar-refractivity contribution >= 4 is 5.84 Å². The topological polar surface area (TPSA) is 33.6 Å². The Bertz CT molecular complexity index is 173. The summed E-state index contributed by atoms with van der Waals surface area (Å²) in [6.45, 7) is 2.81. The van der Waals surface area contributed by atoms with Crippen LogP contribution < -0.4 is 5.32 Å². The summed E-state index contributed by atoms with van der Waals surface area (Å²) in [5, 5.41) is 3.44. The van der Waals surface area contributed by atoms with E-state index in [0.29, 0.717) is 6.04 Å². The lowest BCUT2D eigenvalue weighted by Crippen LogP contribution is -2.39.